The van der Waals surface area contributed by atoms with Gasteiger partial charge in [-0.2, -0.15) is 0 Å². The van der Waals surface area contributed by atoms with E-state index in [1.165, 1.54) is 0 Å². The molecular weight excluding hydrogens is 276 g/mol. The second-order valence-corrected chi connectivity index (χ2v) is 5.10. The first kappa shape index (κ1) is 14.1. The van der Waals surface area contributed by atoms with Gasteiger partial charge in [-0.05, 0) is 23.3 Å². The maximum Gasteiger partial charge on any atom is 0.250 e. The molecule has 3 rings (SSSR count). The van der Waals surface area contributed by atoms with Crippen molar-refractivity contribution >= 4 is 0 Å². The highest BCUT2D eigenvalue weighted by molar-refractivity contribution is 5.28. The number of pyridine rings is 2. The minimum absolute atomic E-state index is 0.0332. The number of rotatable bonds is 4. The van der Waals surface area contributed by atoms with Crippen molar-refractivity contribution in [1.82, 2.24) is 9.13 Å². The van der Waals surface area contributed by atoms with E-state index in [2.05, 4.69) is 0 Å². The summed E-state index contributed by atoms with van der Waals surface area (Å²) in [6.07, 6.45) is 3.54. The maximum atomic E-state index is 11.9. The third kappa shape index (κ3) is 3.06. The van der Waals surface area contributed by atoms with Crippen LogP contribution in [0, 0.1) is 0 Å². The number of hydrogen-bond donors (Lipinski definition) is 0. The average Bonchev–Trinajstić information content (AvgIpc) is 2.53. The zero-order valence-corrected chi connectivity index (χ0v) is 12.1. The van der Waals surface area contributed by atoms with Crippen LogP contribution in [-0.4, -0.2) is 9.13 Å². The summed E-state index contributed by atoms with van der Waals surface area (Å²) in [6, 6.07) is 18.1. The molecule has 0 saturated heterocycles. The van der Waals surface area contributed by atoms with Crippen LogP contribution in [0.15, 0.2) is 82.6 Å². The van der Waals surface area contributed by atoms with Crippen molar-refractivity contribution in [3.05, 3.63) is 105 Å². The first-order chi connectivity index (χ1) is 10.7. The van der Waals surface area contributed by atoms with E-state index in [9.17, 15) is 9.59 Å². The fraction of sp³-hybridized carbons (Fsp3) is 0.111. The molecule has 0 aliphatic rings. The van der Waals surface area contributed by atoms with Gasteiger partial charge in [-0.25, -0.2) is 0 Å². The molecule has 1 aromatic carbocycles. The molecule has 0 spiro atoms. The van der Waals surface area contributed by atoms with Crippen LogP contribution in [0.5, 0.6) is 0 Å². The number of benzene rings is 1. The van der Waals surface area contributed by atoms with E-state index < -0.39 is 0 Å². The van der Waals surface area contributed by atoms with Gasteiger partial charge in [-0.1, -0.05) is 36.4 Å². The van der Waals surface area contributed by atoms with Crippen molar-refractivity contribution in [3.8, 4) is 0 Å². The van der Waals surface area contributed by atoms with Gasteiger partial charge in [-0.3, -0.25) is 9.59 Å². The molecule has 3 aromatic rings. The Morgan fingerprint density at radius 2 is 1.00 bits per heavy atom. The third-order valence-corrected chi connectivity index (χ3v) is 3.60. The third-order valence-electron chi connectivity index (χ3n) is 3.60. The normalized spacial score (nSPS) is 10.5. The van der Waals surface area contributed by atoms with Crippen molar-refractivity contribution < 1.29 is 0 Å². The Bertz CT molecular complexity index is 819. The second kappa shape index (κ2) is 6.26. The highest BCUT2D eigenvalue weighted by Gasteiger charge is 2.05. The van der Waals surface area contributed by atoms with Crippen LogP contribution in [0.4, 0.5) is 0 Å². The van der Waals surface area contributed by atoms with Crippen LogP contribution >= 0.6 is 0 Å². The lowest BCUT2D eigenvalue weighted by molar-refractivity contribution is 0.717. The first-order valence-corrected chi connectivity index (χ1v) is 7.12. The van der Waals surface area contributed by atoms with Gasteiger partial charge in [0.1, 0.15) is 0 Å². The van der Waals surface area contributed by atoms with Crippen LogP contribution in [0.3, 0.4) is 0 Å². The molecule has 0 saturated carbocycles. The van der Waals surface area contributed by atoms with Crippen molar-refractivity contribution in [2.24, 2.45) is 0 Å². The largest absolute Gasteiger partial charge is 0.311 e. The Morgan fingerprint density at radius 1 is 0.591 bits per heavy atom. The molecule has 0 atom stereocenters. The number of hydrogen-bond acceptors (Lipinski definition) is 2. The van der Waals surface area contributed by atoms with Crippen LogP contribution < -0.4 is 11.1 Å². The van der Waals surface area contributed by atoms with Gasteiger partial charge < -0.3 is 9.13 Å². The molecule has 0 unspecified atom stereocenters. The summed E-state index contributed by atoms with van der Waals surface area (Å²) in [6.45, 7) is 0.995. The van der Waals surface area contributed by atoms with E-state index in [1.54, 1.807) is 45.8 Å². The molecule has 4 nitrogen and oxygen atoms in total. The van der Waals surface area contributed by atoms with Crippen molar-refractivity contribution in [3.63, 3.8) is 0 Å². The van der Waals surface area contributed by atoms with Crippen molar-refractivity contribution in [1.29, 1.82) is 0 Å². The summed E-state index contributed by atoms with van der Waals surface area (Å²) in [5.41, 5.74) is 2.00. The Hall–Kier alpha value is -2.88. The SMILES string of the molecule is O=c1ccccn1Cc1ccccc1Cn1ccccc1=O. The Kier molecular flexibility index (Phi) is 4.01. The monoisotopic (exact) mass is 292 g/mol. The van der Waals surface area contributed by atoms with Gasteiger partial charge in [0, 0.05) is 24.5 Å². The summed E-state index contributed by atoms with van der Waals surface area (Å²) >= 11 is 0. The molecule has 0 aliphatic carbocycles. The lowest BCUT2D eigenvalue weighted by Crippen LogP contribution is -2.21. The molecule has 2 aromatic heterocycles. The van der Waals surface area contributed by atoms with Crippen molar-refractivity contribution in [2.75, 3.05) is 0 Å². The maximum absolute atomic E-state index is 11.9. The molecule has 22 heavy (non-hydrogen) atoms. The topological polar surface area (TPSA) is 44.0 Å². The van der Waals surface area contributed by atoms with E-state index in [4.69, 9.17) is 0 Å². The zero-order chi connectivity index (χ0) is 15.4. The molecule has 4 heteroatoms. The summed E-state index contributed by atoms with van der Waals surface area (Å²) in [4.78, 5) is 23.7. The van der Waals surface area contributed by atoms with Crippen LogP contribution in [0.2, 0.25) is 0 Å². The molecule has 0 N–H and O–H groups in total. The van der Waals surface area contributed by atoms with E-state index in [-0.39, 0.29) is 11.1 Å². The minimum atomic E-state index is -0.0332. The second-order valence-electron chi connectivity index (χ2n) is 5.10. The summed E-state index contributed by atoms with van der Waals surface area (Å²) < 4.78 is 3.32. The summed E-state index contributed by atoms with van der Waals surface area (Å²) in [5, 5.41) is 0. The van der Waals surface area contributed by atoms with Gasteiger partial charge in [0.2, 0.25) is 0 Å². The van der Waals surface area contributed by atoms with Gasteiger partial charge in [0.25, 0.3) is 11.1 Å². The standard InChI is InChI=1S/C18H16N2O2/c21-17-9-3-5-11-19(17)13-15-7-1-2-8-16(15)14-20-12-6-4-10-18(20)22/h1-12H,13-14H2. The molecule has 0 bridgehead atoms. The van der Waals surface area contributed by atoms with Gasteiger partial charge in [-0.15, -0.1) is 0 Å². The van der Waals surface area contributed by atoms with Crippen molar-refractivity contribution in [2.45, 2.75) is 13.1 Å². The minimum Gasteiger partial charge on any atom is -0.311 e. The molecule has 0 amide bonds. The molecule has 110 valence electrons. The molecule has 0 fully saturated rings. The zero-order valence-electron chi connectivity index (χ0n) is 12.1. The summed E-state index contributed by atoms with van der Waals surface area (Å²) in [7, 11) is 0. The smallest absolute Gasteiger partial charge is 0.250 e. The van der Waals surface area contributed by atoms with Crippen LogP contribution in [-0.2, 0) is 13.1 Å². The predicted octanol–water partition coefficient (Wildman–Crippen LogP) is 2.11. The predicted molar refractivity (Wildman–Crippen MR) is 86.1 cm³/mol. The lowest BCUT2D eigenvalue weighted by Gasteiger charge is -2.12. The van der Waals surface area contributed by atoms with E-state index in [1.807, 2.05) is 36.4 Å². The van der Waals surface area contributed by atoms with Crippen LogP contribution in [0.1, 0.15) is 11.1 Å². The highest BCUT2D eigenvalue weighted by Crippen LogP contribution is 2.11. The summed E-state index contributed by atoms with van der Waals surface area (Å²) in [5.74, 6) is 0. The molecule has 2 heterocycles. The van der Waals surface area contributed by atoms with E-state index >= 15 is 0 Å². The molecule has 0 aliphatic heterocycles. The molecule has 0 radical (unpaired) electrons. The van der Waals surface area contributed by atoms with Gasteiger partial charge in [0.15, 0.2) is 0 Å². The number of nitrogens with zero attached hydrogens (tertiary/aromatic N) is 2. The van der Waals surface area contributed by atoms with Gasteiger partial charge in [0.05, 0.1) is 13.1 Å². The lowest BCUT2D eigenvalue weighted by atomic mass is 10.1. The fourth-order valence-electron chi connectivity index (χ4n) is 2.42. The van der Waals surface area contributed by atoms with Crippen LogP contribution in [0.25, 0.3) is 0 Å². The number of aromatic nitrogens is 2. The van der Waals surface area contributed by atoms with E-state index in [0.717, 1.165) is 11.1 Å². The Morgan fingerprint density at radius 3 is 1.41 bits per heavy atom. The highest BCUT2D eigenvalue weighted by atomic mass is 16.1. The first-order valence-electron chi connectivity index (χ1n) is 7.12. The van der Waals surface area contributed by atoms with E-state index in [0.29, 0.717) is 13.1 Å². The fourth-order valence-corrected chi connectivity index (χ4v) is 2.42. The average molecular weight is 292 g/mol. The quantitative estimate of drug-likeness (QED) is 0.739. The van der Waals surface area contributed by atoms with Gasteiger partial charge >= 0.3 is 0 Å². The Balaban J connectivity index is 1.94. The Labute approximate surface area is 127 Å². The molecular formula is C18H16N2O2.